The summed E-state index contributed by atoms with van der Waals surface area (Å²) >= 11 is 0. The molecule has 1 aliphatic rings. The zero-order valence-electron chi connectivity index (χ0n) is 21.4. The Morgan fingerprint density at radius 3 is 2.63 bits per heavy atom. The van der Waals surface area contributed by atoms with Crippen molar-refractivity contribution in [1.29, 1.82) is 5.26 Å². The minimum atomic E-state index is -0.589. The number of nitrogens with one attached hydrogen (secondary N) is 2. The Balaban J connectivity index is 1.39. The molecule has 0 spiro atoms. The van der Waals surface area contributed by atoms with E-state index in [4.69, 9.17) is 0 Å². The highest BCUT2D eigenvalue weighted by Crippen LogP contribution is 2.22. The summed E-state index contributed by atoms with van der Waals surface area (Å²) in [5.41, 5.74) is 4.66. The Bertz CT molecular complexity index is 1240. The first kappa shape index (κ1) is 24.8. The van der Waals surface area contributed by atoms with Crippen molar-refractivity contribution >= 4 is 16.6 Å². The number of likely N-dealkylation sites (tertiary alicyclic amines) is 1. The molecule has 0 amide bonds. The molecule has 3 heterocycles. The quantitative estimate of drug-likeness (QED) is 0.500. The lowest BCUT2D eigenvalue weighted by molar-refractivity contribution is 0.234. The number of rotatable bonds is 7. The second-order valence-electron chi connectivity index (χ2n) is 9.95. The molecule has 1 aromatic carbocycles. The highest BCUT2D eigenvalue weighted by Gasteiger charge is 2.21. The number of aryl methyl sites for hydroxylation is 1. The topological polar surface area (TPSA) is 68.9 Å². The maximum atomic E-state index is 9.27. The van der Waals surface area contributed by atoms with Crippen LogP contribution in [0, 0.1) is 23.2 Å². The molecule has 0 aliphatic carbocycles. The molecule has 2 aromatic heterocycles. The second kappa shape index (κ2) is 11.0. The minimum Gasteiger partial charge on any atom is -0.373 e. The zero-order valence-corrected chi connectivity index (χ0v) is 21.4. The Morgan fingerprint density at radius 1 is 1.14 bits per heavy atom. The monoisotopic (exact) mass is 468 g/mol. The lowest BCUT2D eigenvalue weighted by Crippen LogP contribution is -2.40. The SMILES string of the molecule is CCn1c(C#CCNc2ccc(C(C)(C)C#N)nc2)cc2cc(CNC3CCN(C)CC3)ccc21. The van der Waals surface area contributed by atoms with Gasteiger partial charge in [-0.2, -0.15) is 5.26 Å². The van der Waals surface area contributed by atoms with Crippen LogP contribution in [0.1, 0.15) is 50.6 Å². The molecule has 6 nitrogen and oxygen atoms in total. The molecule has 0 unspecified atom stereocenters. The lowest BCUT2D eigenvalue weighted by atomic mass is 9.91. The lowest BCUT2D eigenvalue weighted by Gasteiger charge is -2.29. The number of hydrogen-bond acceptors (Lipinski definition) is 5. The molecule has 1 aliphatic heterocycles. The van der Waals surface area contributed by atoms with Gasteiger partial charge >= 0.3 is 0 Å². The van der Waals surface area contributed by atoms with Crippen molar-refractivity contribution in [3.8, 4) is 17.9 Å². The number of aromatic nitrogens is 2. The first-order chi connectivity index (χ1) is 16.9. The van der Waals surface area contributed by atoms with E-state index in [2.05, 4.69) is 81.2 Å². The average molecular weight is 469 g/mol. The summed E-state index contributed by atoms with van der Waals surface area (Å²) in [4.78, 5) is 6.83. The number of piperidine rings is 1. The van der Waals surface area contributed by atoms with Crippen molar-refractivity contribution in [2.75, 3.05) is 32.0 Å². The third kappa shape index (κ3) is 6.03. The highest BCUT2D eigenvalue weighted by atomic mass is 15.1. The predicted octanol–water partition coefficient (Wildman–Crippen LogP) is 4.50. The van der Waals surface area contributed by atoms with Crippen molar-refractivity contribution in [3.05, 3.63) is 59.5 Å². The third-order valence-electron chi connectivity index (χ3n) is 6.88. The fourth-order valence-electron chi connectivity index (χ4n) is 4.56. The Labute approximate surface area is 209 Å². The number of nitrogens with zero attached hydrogens (tertiary/aromatic N) is 4. The van der Waals surface area contributed by atoms with Gasteiger partial charge in [-0.25, -0.2) is 0 Å². The molecule has 2 N–H and O–H groups in total. The van der Waals surface area contributed by atoms with Crippen LogP contribution in [0.3, 0.4) is 0 Å². The fraction of sp³-hybridized carbons (Fsp3) is 0.448. The second-order valence-corrected chi connectivity index (χ2v) is 9.95. The smallest absolute Gasteiger partial charge is 0.0937 e. The maximum Gasteiger partial charge on any atom is 0.0937 e. The number of pyridine rings is 1. The molecule has 4 rings (SSSR count). The maximum absolute atomic E-state index is 9.27. The van der Waals surface area contributed by atoms with Crippen molar-refractivity contribution in [1.82, 2.24) is 19.8 Å². The number of benzene rings is 1. The summed E-state index contributed by atoms with van der Waals surface area (Å²) in [6, 6.07) is 15.7. The third-order valence-corrected chi connectivity index (χ3v) is 6.88. The van der Waals surface area contributed by atoms with Gasteiger partial charge in [0, 0.05) is 30.0 Å². The van der Waals surface area contributed by atoms with E-state index in [9.17, 15) is 5.26 Å². The molecular weight excluding hydrogens is 432 g/mol. The van der Waals surface area contributed by atoms with Crippen LogP contribution in [-0.2, 0) is 18.5 Å². The number of fused-ring (bicyclic) bond motifs is 1. The van der Waals surface area contributed by atoms with E-state index in [0.717, 1.165) is 30.2 Å². The number of hydrogen-bond donors (Lipinski definition) is 2. The van der Waals surface area contributed by atoms with Crippen LogP contribution < -0.4 is 10.6 Å². The fourth-order valence-corrected chi connectivity index (χ4v) is 4.56. The molecule has 0 bridgehead atoms. The van der Waals surface area contributed by atoms with E-state index >= 15 is 0 Å². The summed E-state index contributed by atoms with van der Waals surface area (Å²) < 4.78 is 2.27. The van der Waals surface area contributed by atoms with Gasteiger partial charge in [0.25, 0.3) is 0 Å². The van der Waals surface area contributed by atoms with Crippen LogP contribution in [-0.4, -0.2) is 47.2 Å². The number of anilines is 1. The Kier molecular flexibility index (Phi) is 7.76. The summed E-state index contributed by atoms with van der Waals surface area (Å²) in [5, 5.41) is 17.6. The minimum absolute atomic E-state index is 0.527. The highest BCUT2D eigenvalue weighted by molar-refractivity contribution is 5.83. The first-order valence-electron chi connectivity index (χ1n) is 12.5. The number of nitriles is 1. The van der Waals surface area contributed by atoms with Crippen LogP contribution in [0.2, 0.25) is 0 Å². The molecule has 35 heavy (non-hydrogen) atoms. The molecule has 0 radical (unpaired) electrons. The van der Waals surface area contributed by atoms with Gasteiger partial charge in [-0.05, 0) is 95.6 Å². The van der Waals surface area contributed by atoms with E-state index < -0.39 is 5.41 Å². The van der Waals surface area contributed by atoms with Crippen LogP contribution in [0.4, 0.5) is 5.69 Å². The van der Waals surface area contributed by atoms with Crippen LogP contribution >= 0.6 is 0 Å². The summed E-state index contributed by atoms with van der Waals surface area (Å²) in [6.07, 6.45) is 4.20. The molecule has 1 saturated heterocycles. The van der Waals surface area contributed by atoms with E-state index in [0.29, 0.717) is 12.6 Å². The van der Waals surface area contributed by atoms with Gasteiger partial charge in [0.05, 0.1) is 41.3 Å². The average Bonchev–Trinajstić information content (AvgIpc) is 3.23. The largest absolute Gasteiger partial charge is 0.373 e. The van der Waals surface area contributed by atoms with Gasteiger partial charge in [0.1, 0.15) is 0 Å². The molecule has 0 saturated carbocycles. The van der Waals surface area contributed by atoms with Crippen molar-refractivity contribution in [2.24, 2.45) is 0 Å². The summed E-state index contributed by atoms with van der Waals surface area (Å²) in [5.74, 6) is 6.59. The van der Waals surface area contributed by atoms with Gasteiger partial charge < -0.3 is 20.1 Å². The normalized spacial score (nSPS) is 14.9. The molecule has 3 aromatic rings. The molecular formula is C29H36N6. The molecule has 182 valence electrons. The molecule has 0 atom stereocenters. The van der Waals surface area contributed by atoms with E-state index in [1.807, 2.05) is 26.0 Å². The van der Waals surface area contributed by atoms with Crippen molar-refractivity contribution < 1.29 is 0 Å². The van der Waals surface area contributed by atoms with Gasteiger partial charge in [-0.1, -0.05) is 12.0 Å². The van der Waals surface area contributed by atoms with Crippen molar-refractivity contribution in [3.63, 3.8) is 0 Å². The standard InChI is InChI=1S/C29H36N6/c1-5-35-26(7-6-14-31-25-9-11-28(33-20-25)29(2,3)21-30)18-23-17-22(8-10-27(23)35)19-32-24-12-15-34(4)16-13-24/h8-11,17-18,20,24,31-32H,5,12-16,19H2,1-4H3. The van der Waals surface area contributed by atoms with Crippen LogP contribution in [0.25, 0.3) is 10.9 Å². The van der Waals surface area contributed by atoms with Gasteiger partial charge in [0.2, 0.25) is 0 Å². The predicted molar refractivity (Wildman–Crippen MR) is 143 cm³/mol. The zero-order chi connectivity index (χ0) is 24.8. The van der Waals surface area contributed by atoms with Crippen LogP contribution in [0.5, 0.6) is 0 Å². The van der Waals surface area contributed by atoms with Gasteiger partial charge in [-0.15, -0.1) is 0 Å². The molecule has 6 heteroatoms. The Morgan fingerprint density at radius 2 is 1.94 bits per heavy atom. The summed E-state index contributed by atoms with van der Waals surface area (Å²) in [7, 11) is 2.20. The molecule has 1 fully saturated rings. The summed E-state index contributed by atoms with van der Waals surface area (Å²) in [6.45, 7) is 10.6. The Hall–Kier alpha value is -3.32. The van der Waals surface area contributed by atoms with Crippen LogP contribution in [0.15, 0.2) is 42.6 Å². The van der Waals surface area contributed by atoms with Gasteiger partial charge in [0.15, 0.2) is 0 Å². The van der Waals surface area contributed by atoms with E-state index in [1.165, 1.54) is 42.4 Å². The van der Waals surface area contributed by atoms with E-state index in [1.54, 1.807) is 6.20 Å². The van der Waals surface area contributed by atoms with Gasteiger partial charge in [-0.3, -0.25) is 4.98 Å². The first-order valence-corrected chi connectivity index (χ1v) is 12.5. The van der Waals surface area contributed by atoms with E-state index in [-0.39, 0.29) is 0 Å². The van der Waals surface area contributed by atoms with Crippen molar-refractivity contribution in [2.45, 2.75) is 58.2 Å².